The van der Waals surface area contributed by atoms with Gasteiger partial charge in [-0.25, -0.2) is 14.8 Å². The lowest BCUT2D eigenvalue weighted by Gasteiger charge is -2.36. The molecule has 0 saturated carbocycles. The number of anilines is 2. The number of carboxylic acids is 1. The lowest BCUT2D eigenvalue weighted by atomic mass is 10.2. The van der Waals surface area contributed by atoms with Gasteiger partial charge in [0.2, 0.25) is 0 Å². The normalized spacial score (nSPS) is 15.4. The molecule has 0 atom stereocenters. The van der Waals surface area contributed by atoms with E-state index in [-0.39, 0.29) is 5.69 Å². The number of aromatic nitrogens is 2. The van der Waals surface area contributed by atoms with E-state index < -0.39 is 5.97 Å². The summed E-state index contributed by atoms with van der Waals surface area (Å²) in [5.41, 5.74) is 0.814. The van der Waals surface area contributed by atoms with E-state index in [0.717, 1.165) is 31.3 Å². The van der Waals surface area contributed by atoms with Crippen LogP contribution in [0.3, 0.4) is 0 Å². The molecule has 0 bridgehead atoms. The van der Waals surface area contributed by atoms with E-state index in [1.54, 1.807) is 23.6 Å². The second kappa shape index (κ2) is 5.46. The van der Waals surface area contributed by atoms with Crippen LogP contribution in [0.5, 0.6) is 0 Å². The Labute approximate surface area is 120 Å². The highest BCUT2D eigenvalue weighted by molar-refractivity contribution is 7.13. The Hall–Kier alpha value is -2.15. The number of hydrogen-bond acceptors (Lipinski definition) is 6. The van der Waals surface area contributed by atoms with E-state index in [2.05, 4.69) is 19.8 Å². The molecule has 0 aromatic carbocycles. The number of rotatable bonds is 3. The van der Waals surface area contributed by atoms with Crippen LogP contribution < -0.4 is 9.80 Å². The zero-order valence-electron chi connectivity index (χ0n) is 10.8. The first-order chi connectivity index (χ1) is 9.75. The third kappa shape index (κ3) is 2.44. The second-order valence-corrected chi connectivity index (χ2v) is 5.34. The molecule has 3 heterocycles. The van der Waals surface area contributed by atoms with Crippen molar-refractivity contribution in [3.63, 3.8) is 0 Å². The minimum Gasteiger partial charge on any atom is -0.476 e. The van der Waals surface area contributed by atoms with Gasteiger partial charge in [-0.15, -0.1) is 11.3 Å². The molecule has 0 amide bonds. The first-order valence-corrected chi connectivity index (χ1v) is 7.21. The summed E-state index contributed by atoms with van der Waals surface area (Å²) in [6, 6.07) is 3.59. The van der Waals surface area contributed by atoms with E-state index in [1.165, 1.54) is 6.20 Å². The molecule has 1 saturated heterocycles. The fraction of sp³-hybridized carbons (Fsp3) is 0.308. The smallest absolute Gasteiger partial charge is 0.356 e. The highest BCUT2D eigenvalue weighted by Gasteiger charge is 2.22. The van der Waals surface area contributed by atoms with Crippen molar-refractivity contribution < 1.29 is 9.90 Å². The molecular weight excluding hydrogens is 276 g/mol. The third-order valence-corrected chi connectivity index (χ3v) is 4.13. The molecule has 1 aliphatic rings. The van der Waals surface area contributed by atoms with E-state index in [1.807, 2.05) is 11.4 Å². The molecule has 0 aliphatic carbocycles. The van der Waals surface area contributed by atoms with Gasteiger partial charge >= 0.3 is 5.97 Å². The number of carboxylic acid groups (broad SMARTS) is 1. The zero-order chi connectivity index (χ0) is 13.9. The average Bonchev–Trinajstić information content (AvgIpc) is 3.02. The summed E-state index contributed by atoms with van der Waals surface area (Å²) in [6.45, 7) is 3.21. The number of aromatic carboxylic acids is 1. The van der Waals surface area contributed by atoms with Crippen molar-refractivity contribution in [2.75, 3.05) is 36.0 Å². The number of piperazine rings is 1. The van der Waals surface area contributed by atoms with Crippen molar-refractivity contribution in [2.45, 2.75) is 0 Å². The van der Waals surface area contributed by atoms with Crippen LogP contribution in [0.1, 0.15) is 10.5 Å². The van der Waals surface area contributed by atoms with Gasteiger partial charge in [-0.1, -0.05) is 0 Å². The van der Waals surface area contributed by atoms with Crippen LogP contribution >= 0.6 is 11.3 Å². The van der Waals surface area contributed by atoms with Crippen molar-refractivity contribution in [1.29, 1.82) is 0 Å². The van der Waals surface area contributed by atoms with Crippen LogP contribution in [-0.4, -0.2) is 47.2 Å². The molecule has 1 aliphatic heterocycles. The fourth-order valence-electron chi connectivity index (χ4n) is 2.33. The largest absolute Gasteiger partial charge is 0.476 e. The van der Waals surface area contributed by atoms with E-state index in [0.29, 0.717) is 5.69 Å². The molecule has 6 nitrogen and oxygen atoms in total. The highest BCUT2D eigenvalue weighted by Crippen LogP contribution is 2.23. The average molecular weight is 290 g/mol. The third-order valence-electron chi connectivity index (χ3n) is 3.30. The van der Waals surface area contributed by atoms with Gasteiger partial charge < -0.3 is 14.9 Å². The summed E-state index contributed by atoms with van der Waals surface area (Å²) >= 11 is 1.62. The summed E-state index contributed by atoms with van der Waals surface area (Å²) in [5.74, 6) is -0.983. The maximum atomic E-state index is 11.2. The lowest BCUT2D eigenvalue weighted by Crippen LogP contribution is -2.47. The Morgan fingerprint density at radius 2 is 1.90 bits per heavy atom. The molecular formula is C13H14N4O2S. The van der Waals surface area contributed by atoms with Crippen molar-refractivity contribution in [3.05, 3.63) is 35.6 Å². The van der Waals surface area contributed by atoms with Gasteiger partial charge in [0, 0.05) is 44.0 Å². The Morgan fingerprint density at radius 1 is 1.15 bits per heavy atom. The summed E-state index contributed by atoms with van der Waals surface area (Å²) in [5, 5.41) is 12.2. The maximum absolute atomic E-state index is 11.2. The van der Waals surface area contributed by atoms with Gasteiger partial charge in [0.15, 0.2) is 10.8 Å². The number of carbonyl (C=O) groups is 1. The molecule has 0 unspecified atom stereocenters. The Kier molecular flexibility index (Phi) is 3.51. The first kappa shape index (κ1) is 12.9. The molecule has 0 spiro atoms. The standard InChI is InChI=1S/C13H14N4O2S/c18-12(19)11-10(2-1-3-14-11)16-5-7-17(8-6-16)13-15-4-9-20-13/h1-4,9H,5-8H2,(H,18,19). The lowest BCUT2D eigenvalue weighted by molar-refractivity contribution is 0.0691. The molecule has 2 aromatic heterocycles. The highest BCUT2D eigenvalue weighted by atomic mass is 32.1. The molecule has 20 heavy (non-hydrogen) atoms. The van der Waals surface area contributed by atoms with Gasteiger partial charge in [-0.3, -0.25) is 0 Å². The van der Waals surface area contributed by atoms with E-state index in [4.69, 9.17) is 0 Å². The van der Waals surface area contributed by atoms with Gasteiger partial charge in [0.25, 0.3) is 0 Å². The van der Waals surface area contributed by atoms with Crippen LogP contribution in [0, 0.1) is 0 Å². The molecule has 7 heteroatoms. The van der Waals surface area contributed by atoms with Crippen LogP contribution in [0.25, 0.3) is 0 Å². The second-order valence-electron chi connectivity index (χ2n) is 4.47. The first-order valence-electron chi connectivity index (χ1n) is 6.33. The predicted molar refractivity (Wildman–Crippen MR) is 77.7 cm³/mol. The van der Waals surface area contributed by atoms with E-state index >= 15 is 0 Å². The minimum atomic E-state index is -0.983. The van der Waals surface area contributed by atoms with E-state index in [9.17, 15) is 9.90 Å². The van der Waals surface area contributed by atoms with Gasteiger partial charge in [0.1, 0.15) is 0 Å². The Balaban J connectivity index is 1.74. The Morgan fingerprint density at radius 3 is 2.55 bits per heavy atom. The Bertz CT molecular complexity index is 594. The number of thiazole rings is 1. The summed E-state index contributed by atoms with van der Waals surface area (Å²) < 4.78 is 0. The van der Waals surface area contributed by atoms with Crippen molar-refractivity contribution in [1.82, 2.24) is 9.97 Å². The quantitative estimate of drug-likeness (QED) is 0.925. The minimum absolute atomic E-state index is 0.121. The van der Waals surface area contributed by atoms with Crippen molar-refractivity contribution in [3.8, 4) is 0 Å². The monoisotopic (exact) mass is 290 g/mol. The number of hydrogen-bond donors (Lipinski definition) is 1. The molecule has 3 rings (SSSR count). The predicted octanol–water partition coefficient (Wildman–Crippen LogP) is 1.56. The van der Waals surface area contributed by atoms with Crippen LogP contribution in [0.4, 0.5) is 10.8 Å². The molecule has 1 N–H and O–H groups in total. The molecule has 2 aromatic rings. The zero-order valence-corrected chi connectivity index (χ0v) is 11.6. The fourth-order valence-corrected chi connectivity index (χ4v) is 3.02. The van der Waals surface area contributed by atoms with Crippen LogP contribution in [-0.2, 0) is 0 Å². The van der Waals surface area contributed by atoms with Crippen LogP contribution in [0.2, 0.25) is 0 Å². The summed E-state index contributed by atoms with van der Waals surface area (Å²) in [4.78, 5) is 23.8. The van der Waals surface area contributed by atoms with Gasteiger partial charge in [-0.2, -0.15) is 0 Å². The molecule has 104 valence electrons. The van der Waals surface area contributed by atoms with Crippen LogP contribution in [0.15, 0.2) is 29.9 Å². The van der Waals surface area contributed by atoms with Gasteiger partial charge in [-0.05, 0) is 12.1 Å². The summed E-state index contributed by atoms with van der Waals surface area (Å²) in [7, 11) is 0. The van der Waals surface area contributed by atoms with Crippen molar-refractivity contribution in [2.24, 2.45) is 0 Å². The maximum Gasteiger partial charge on any atom is 0.356 e. The van der Waals surface area contributed by atoms with Gasteiger partial charge in [0.05, 0.1) is 5.69 Å². The SMILES string of the molecule is O=C(O)c1ncccc1N1CCN(c2nccs2)CC1. The number of nitrogens with zero attached hydrogens (tertiary/aromatic N) is 4. The molecule has 1 fully saturated rings. The summed E-state index contributed by atoms with van der Waals surface area (Å²) in [6.07, 6.45) is 3.31. The topological polar surface area (TPSA) is 69.6 Å². The number of pyridine rings is 1. The van der Waals surface area contributed by atoms with Crippen molar-refractivity contribution >= 4 is 28.1 Å². The molecule has 0 radical (unpaired) electrons.